The molecule has 136 valence electrons. The topological polar surface area (TPSA) is 64.6 Å². The van der Waals surface area contributed by atoms with Gasteiger partial charge in [0.1, 0.15) is 23.0 Å². The van der Waals surface area contributed by atoms with Crippen LogP contribution in [0.4, 0.5) is 0 Å². The van der Waals surface area contributed by atoms with Crippen molar-refractivity contribution in [2.24, 2.45) is 0 Å². The number of hydrogen-bond acceptors (Lipinski definition) is 4. The predicted octanol–water partition coefficient (Wildman–Crippen LogP) is 3.23. The second kappa shape index (κ2) is 8.36. The lowest BCUT2D eigenvalue weighted by Crippen LogP contribution is -2.28. The summed E-state index contributed by atoms with van der Waals surface area (Å²) in [6, 6.07) is 11.1. The highest BCUT2D eigenvalue weighted by atomic mass is 32.2. The highest BCUT2D eigenvalue weighted by Gasteiger charge is 2.20. The lowest BCUT2D eigenvalue weighted by atomic mass is 10.1. The van der Waals surface area contributed by atoms with E-state index in [2.05, 4.69) is 11.6 Å². The minimum atomic E-state index is -3.66. The summed E-state index contributed by atoms with van der Waals surface area (Å²) in [4.78, 5) is 0.144. The fourth-order valence-electron chi connectivity index (χ4n) is 2.38. The first-order chi connectivity index (χ1) is 11.9. The van der Waals surface area contributed by atoms with Gasteiger partial charge in [0.25, 0.3) is 0 Å². The van der Waals surface area contributed by atoms with Crippen molar-refractivity contribution in [1.29, 1.82) is 0 Å². The number of rotatable bonds is 8. The fourth-order valence-corrected chi connectivity index (χ4v) is 3.62. The molecule has 0 unspecified atom stereocenters. The van der Waals surface area contributed by atoms with Crippen LogP contribution < -0.4 is 14.2 Å². The molecule has 0 aromatic heterocycles. The highest BCUT2D eigenvalue weighted by molar-refractivity contribution is 7.89. The van der Waals surface area contributed by atoms with Gasteiger partial charge in [-0.1, -0.05) is 19.1 Å². The molecule has 0 radical (unpaired) electrons. The molecule has 0 saturated carbocycles. The van der Waals surface area contributed by atoms with Gasteiger partial charge in [-0.25, -0.2) is 13.1 Å². The third kappa shape index (κ3) is 4.96. The van der Waals surface area contributed by atoms with Crippen molar-refractivity contribution in [3.05, 3.63) is 53.1 Å². The molecule has 0 aliphatic carbocycles. The van der Waals surface area contributed by atoms with Crippen molar-refractivity contribution in [2.45, 2.75) is 32.1 Å². The minimum absolute atomic E-state index is 0.144. The maximum absolute atomic E-state index is 12.5. The lowest BCUT2D eigenvalue weighted by Gasteiger charge is -2.13. The van der Waals surface area contributed by atoms with Crippen LogP contribution in [0.25, 0.3) is 0 Å². The van der Waals surface area contributed by atoms with Crippen molar-refractivity contribution in [2.75, 3.05) is 20.3 Å². The molecule has 2 rings (SSSR count). The molecule has 0 atom stereocenters. The van der Waals surface area contributed by atoms with Gasteiger partial charge in [-0.3, -0.25) is 0 Å². The third-order valence-corrected chi connectivity index (χ3v) is 5.55. The maximum atomic E-state index is 12.5. The Hall–Kier alpha value is -2.05. The standard InChI is InChI=1S/C19H25NO4S/c1-5-16-6-8-17(9-7-16)24-11-10-20-25(21,22)19-13-15(3)14(2)12-18(19)23-4/h6-9,12-13,20H,5,10-11H2,1-4H3. The number of sulfonamides is 1. The van der Waals surface area contributed by atoms with Crippen LogP contribution in [0.2, 0.25) is 0 Å². The summed E-state index contributed by atoms with van der Waals surface area (Å²) in [5, 5.41) is 0. The molecule has 6 heteroatoms. The van der Waals surface area contributed by atoms with Crippen molar-refractivity contribution < 1.29 is 17.9 Å². The fraction of sp³-hybridized carbons (Fsp3) is 0.368. The molecule has 0 fully saturated rings. The molecular weight excluding hydrogens is 338 g/mol. The molecule has 5 nitrogen and oxygen atoms in total. The summed E-state index contributed by atoms with van der Waals surface area (Å²) in [5.41, 5.74) is 3.11. The Morgan fingerprint density at radius 3 is 2.28 bits per heavy atom. The number of benzene rings is 2. The van der Waals surface area contributed by atoms with E-state index in [-0.39, 0.29) is 18.0 Å². The zero-order chi connectivity index (χ0) is 18.4. The summed E-state index contributed by atoms with van der Waals surface area (Å²) in [5.74, 6) is 1.06. The number of aryl methyl sites for hydroxylation is 3. The molecule has 0 saturated heterocycles. The summed E-state index contributed by atoms with van der Waals surface area (Å²) >= 11 is 0. The summed E-state index contributed by atoms with van der Waals surface area (Å²) in [7, 11) is -2.20. The number of hydrogen-bond donors (Lipinski definition) is 1. The zero-order valence-corrected chi connectivity index (χ0v) is 15.9. The van der Waals surface area contributed by atoms with Gasteiger partial charge in [-0.15, -0.1) is 0 Å². The summed E-state index contributed by atoms with van der Waals surface area (Å²) in [6.07, 6.45) is 0.970. The minimum Gasteiger partial charge on any atom is -0.495 e. The molecule has 0 aliphatic heterocycles. The predicted molar refractivity (Wildman–Crippen MR) is 99.0 cm³/mol. The first kappa shape index (κ1) is 19.3. The van der Waals surface area contributed by atoms with Gasteiger partial charge < -0.3 is 9.47 Å². The highest BCUT2D eigenvalue weighted by Crippen LogP contribution is 2.27. The van der Waals surface area contributed by atoms with E-state index >= 15 is 0 Å². The first-order valence-corrected chi connectivity index (χ1v) is 9.72. The van der Waals surface area contributed by atoms with E-state index in [1.54, 1.807) is 12.1 Å². The zero-order valence-electron chi connectivity index (χ0n) is 15.1. The Balaban J connectivity index is 1.98. The quantitative estimate of drug-likeness (QED) is 0.732. The first-order valence-electron chi connectivity index (χ1n) is 8.24. The van der Waals surface area contributed by atoms with Crippen molar-refractivity contribution in [1.82, 2.24) is 4.72 Å². The SMILES string of the molecule is CCc1ccc(OCCNS(=O)(=O)c2cc(C)c(C)cc2OC)cc1. The van der Waals surface area contributed by atoms with Gasteiger partial charge >= 0.3 is 0 Å². The van der Waals surface area contributed by atoms with Gasteiger partial charge in [0.2, 0.25) is 10.0 Å². The van der Waals surface area contributed by atoms with E-state index in [1.807, 2.05) is 38.1 Å². The monoisotopic (exact) mass is 363 g/mol. The van der Waals surface area contributed by atoms with E-state index in [0.29, 0.717) is 5.75 Å². The largest absolute Gasteiger partial charge is 0.495 e. The molecule has 0 spiro atoms. The normalized spacial score (nSPS) is 11.4. The molecule has 0 amide bonds. The Morgan fingerprint density at radius 1 is 1.04 bits per heavy atom. The van der Waals surface area contributed by atoms with Gasteiger partial charge in [-0.2, -0.15) is 0 Å². The van der Waals surface area contributed by atoms with E-state index in [9.17, 15) is 8.42 Å². The average Bonchev–Trinajstić information content (AvgIpc) is 2.61. The smallest absolute Gasteiger partial charge is 0.244 e. The maximum Gasteiger partial charge on any atom is 0.244 e. The van der Waals surface area contributed by atoms with E-state index in [4.69, 9.17) is 9.47 Å². The summed E-state index contributed by atoms with van der Waals surface area (Å²) < 4.78 is 38.4. The molecule has 0 heterocycles. The second-order valence-corrected chi connectivity index (χ2v) is 7.57. The van der Waals surface area contributed by atoms with Gasteiger partial charge in [0, 0.05) is 6.54 Å². The van der Waals surface area contributed by atoms with E-state index in [1.165, 1.54) is 12.7 Å². The molecule has 0 bridgehead atoms. The summed E-state index contributed by atoms with van der Waals surface area (Å²) in [6.45, 7) is 6.30. The Kier molecular flexibility index (Phi) is 6.45. The van der Waals surface area contributed by atoms with Crippen molar-refractivity contribution in [3.63, 3.8) is 0 Å². The average molecular weight is 363 g/mol. The van der Waals surface area contributed by atoms with Crippen molar-refractivity contribution in [3.8, 4) is 11.5 Å². The van der Waals surface area contributed by atoms with Gasteiger partial charge in [0.05, 0.1) is 7.11 Å². The van der Waals surface area contributed by atoms with Crippen molar-refractivity contribution >= 4 is 10.0 Å². The van der Waals surface area contributed by atoms with Gasteiger partial charge in [0.15, 0.2) is 0 Å². The molecule has 1 N–H and O–H groups in total. The van der Waals surface area contributed by atoms with Crippen LogP contribution in [0.1, 0.15) is 23.6 Å². The Labute approximate surface area is 150 Å². The molecule has 25 heavy (non-hydrogen) atoms. The number of ether oxygens (including phenoxy) is 2. The van der Waals surface area contributed by atoms with Crippen LogP contribution >= 0.6 is 0 Å². The van der Waals surface area contributed by atoms with Crippen LogP contribution in [0.15, 0.2) is 41.3 Å². The lowest BCUT2D eigenvalue weighted by molar-refractivity contribution is 0.322. The van der Waals surface area contributed by atoms with Crippen LogP contribution in [-0.2, 0) is 16.4 Å². The van der Waals surface area contributed by atoms with Crippen LogP contribution in [-0.4, -0.2) is 28.7 Å². The molecule has 2 aromatic rings. The van der Waals surface area contributed by atoms with Crippen LogP contribution in [0.5, 0.6) is 11.5 Å². The molecular formula is C19H25NO4S. The third-order valence-electron chi connectivity index (χ3n) is 4.06. The molecule has 0 aliphatic rings. The second-order valence-electron chi connectivity index (χ2n) is 5.83. The Morgan fingerprint density at radius 2 is 1.68 bits per heavy atom. The van der Waals surface area contributed by atoms with Crippen LogP contribution in [0.3, 0.4) is 0 Å². The van der Waals surface area contributed by atoms with E-state index in [0.717, 1.165) is 23.3 Å². The van der Waals surface area contributed by atoms with E-state index < -0.39 is 10.0 Å². The van der Waals surface area contributed by atoms with Crippen LogP contribution in [0, 0.1) is 13.8 Å². The number of methoxy groups -OCH3 is 1. The van der Waals surface area contributed by atoms with Gasteiger partial charge in [-0.05, 0) is 61.2 Å². The Bertz CT molecular complexity index is 814. The number of nitrogens with one attached hydrogen (secondary N) is 1. The molecule has 2 aromatic carbocycles.